The number of amides is 1. The second-order valence-electron chi connectivity index (χ2n) is 6.71. The van der Waals surface area contributed by atoms with Crippen molar-refractivity contribution in [2.24, 2.45) is 0 Å². The first-order chi connectivity index (χ1) is 12.3. The summed E-state index contributed by atoms with van der Waals surface area (Å²) < 4.78 is 30.1. The van der Waals surface area contributed by atoms with Gasteiger partial charge in [0.05, 0.1) is 11.5 Å². The number of carbonyl (C=O) groups is 1. The summed E-state index contributed by atoms with van der Waals surface area (Å²) in [5.74, 6) is -0.398. The molecular weight excluding hydrogens is 376 g/mol. The number of rotatable bonds is 9. The van der Waals surface area contributed by atoms with Crippen LogP contribution in [0, 0.1) is 0 Å². The molecule has 1 aliphatic rings. The maximum absolute atomic E-state index is 13.2. The van der Waals surface area contributed by atoms with E-state index in [0.717, 1.165) is 19.4 Å². The lowest BCUT2D eigenvalue weighted by Gasteiger charge is -2.28. The van der Waals surface area contributed by atoms with Gasteiger partial charge >= 0.3 is 0 Å². The number of nitrogens with zero attached hydrogens (tertiary/aromatic N) is 1. The Morgan fingerprint density at radius 1 is 1.23 bits per heavy atom. The number of methoxy groups -OCH3 is 1. The van der Waals surface area contributed by atoms with E-state index in [1.165, 1.54) is 12.1 Å². The number of benzene rings is 1. The van der Waals surface area contributed by atoms with Gasteiger partial charge in [-0.15, -0.1) is 0 Å². The van der Waals surface area contributed by atoms with Crippen molar-refractivity contribution in [3.8, 4) is 0 Å². The molecule has 1 aliphatic carbocycles. The number of carbonyl (C=O) groups excluding carboxylic acids is 1. The Morgan fingerprint density at radius 2 is 1.85 bits per heavy atom. The largest absolute Gasteiger partial charge is 0.383 e. The van der Waals surface area contributed by atoms with Crippen LogP contribution in [0.15, 0.2) is 29.2 Å². The lowest BCUT2D eigenvalue weighted by atomic mass is 10.1. The fraction of sp³-hybridized carbons (Fsp3) is 0.611. The molecule has 0 radical (unpaired) electrons. The van der Waals surface area contributed by atoms with Crippen LogP contribution in [-0.2, 0) is 19.4 Å². The summed E-state index contributed by atoms with van der Waals surface area (Å²) in [6, 6.07) is 6.03. The summed E-state index contributed by atoms with van der Waals surface area (Å²) in [6.45, 7) is 2.39. The molecule has 1 saturated carbocycles. The van der Waals surface area contributed by atoms with Gasteiger partial charge in [-0.05, 0) is 44.2 Å². The average molecular weight is 403 g/mol. The lowest BCUT2D eigenvalue weighted by Crippen LogP contribution is -2.51. The van der Waals surface area contributed by atoms with Crippen molar-refractivity contribution in [2.45, 2.75) is 35.3 Å². The van der Waals surface area contributed by atoms with Gasteiger partial charge in [0.2, 0.25) is 5.91 Å². The zero-order valence-corrected chi connectivity index (χ0v) is 16.9. The van der Waals surface area contributed by atoms with Crippen LogP contribution in [0.3, 0.4) is 0 Å². The van der Waals surface area contributed by atoms with Gasteiger partial charge in [-0.3, -0.25) is 4.79 Å². The van der Waals surface area contributed by atoms with Gasteiger partial charge in [0, 0.05) is 31.8 Å². The normalized spacial score (nSPS) is 16.8. The minimum Gasteiger partial charge on any atom is -0.383 e. The van der Waals surface area contributed by atoms with Crippen molar-refractivity contribution >= 4 is 27.3 Å². The molecule has 0 bridgehead atoms. The number of likely N-dealkylation sites (N-methyl/N-ethyl adjacent to an activating group) is 1. The van der Waals surface area contributed by atoms with Crippen LogP contribution in [0.1, 0.15) is 25.7 Å². The van der Waals surface area contributed by atoms with Crippen LogP contribution < -0.4 is 5.32 Å². The predicted octanol–water partition coefficient (Wildman–Crippen LogP) is 2.12. The van der Waals surface area contributed by atoms with E-state index in [0.29, 0.717) is 37.6 Å². The molecule has 1 aromatic rings. The average Bonchev–Trinajstić information content (AvgIpc) is 3.12. The fourth-order valence-electron chi connectivity index (χ4n) is 3.28. The number of nitrogens with one attached hydrogen (secondary N) is 1. The van der Waals surface area contributed by atoms with E-state index in [1.807, 2.05) is 11.9 Å². The van der Waals surface area contributed by atoms with Crippen molar-refractivity contribution in [3.63, 3.8) is 0 Å². The van der Waals surface area contributed by atoms with Crippen LogP contribution >= 0.6 is 11.6 Å². The smallest absolute Gasteiger partial charge is 0.241 e. The molecule has 146 valence electrons. The molecule has 6 nitrogen and oxygen atoms in total. The van der Waals surface area contributed by atoms with Crippen LogP contribution in [0.25, 0.3) is 0 Å². The van der Waals surface area contributed by atoms with E-state index in [4.69, 9.17) is 16.3 Å². The topological polar surface area (TPSA) is 75.7 Å². The van der Waals surface area contributed by atoms with E-state index in [-0.39, 0.29) is 4.90 Å². The quantitative estimate of drug-likeness (QED) is 0.684. The van der Waals surface area contributed by atoms with Gasteiger partial charge in [0.1, 0.15) is 0 Å². The highest BCUT2D eigenvalue weighted by Gasteiger charge is 2.52. The van der Waals surface area contributed by atoms with Crippen molar-refractivity contribution in [3.05, 3.63) is 29.3 Å². The third-order valence-corrected chi connectivity index (χ3v) is 7.69. The summed E-state index contributed by atoms with van der Waals surface area (Å²) >= 11 is 5.87. The van der Waals surface area contributed by atoms with Gasteiger partial charge in [-0.2, -0.15) is 0 Å². The van der Waals surface area contributed by atoms with Crippen LogP contribution in [0.5, 0.6) is 0 Å². The summed E-state index contributed by atoms with van der Waals surface area (Å²) in [5, 5.41) is 3.30. The highest BCUT2D eigenvalue weighted by Crippen LogP contribution is 2.40. The Morgan fingerprint density at radius 3 is 2.42 bits per heavy atom. The molecule has 0 heterocycles. The van der Waals surface area contributed by atoms with E-state index >= 15 is 0 Å². The molecule has 2 rings (SSSR count). The monoisotopic (exact) mass is 402 g/mol. The van der Waals surface area contributed by atoms with E-state index < -0.39 is 20.5 Å². The maximum atomic E-state index is 13.2. The van der Waals surface area contributed by atoms with Crippen LogP contribution in [-0.4, -0.2) is 64.4 Å². The summed E-state index contributed by atoms with van der Waals surface area (Å²) in [5.41, 5.74) is 0. The Bertz CT molecular complexity index is 700. The molecule has 0 saturated heterocycles. The van der Waals surface area contributed by atoms with Crippen molar-refractivity contribution in [2.75, 3.05) is 40.4 Å². The van der Waals surface area contributed by atoms with Crippen LogP contribution in [0.2, 0.25) is 5.02 Å². The second-order valence-corrected chi connectivity index (χ2v) is 9.41. The number of halogens is 1. The van der Waals surface area contributed by atoms with Gasteiger partial charge < -0.3 is 15.0 Å². The van der Waals surface area contributed by atoms with E-state index in [2.05, 4.69) is 5.32 Å². The predicted molar refractivity (Wildman–Crippen MR) is 102 cm³/mol. The van der Waals surface area contributed by atoms with E-state index in [1.54, 1.807) is 19.2 Å². The zero-order valence-electron chi connectivity index (χ0n) is 15.3. The molecule has 0 atom stereocenters. The molecule has 1 fully saturated rings. The Kier molecular flexibility index (Phi) is 7.46. The first-order valence-electron chi connectivity index (χ1n) is 8.79. The first-order valence-corrected chi connectivity index (χ1v) is 10.7. The third-order valence-electron chi connectivity index (χ3n) is 4.92. The number of sulfone groups is 1. The Balaban J connectivity index is 2.11. The molecule has 1 aromatic carbocycles. The second kappa shape index (κ2) is 9.17. The maximum Gasteiger partial charge on any atom is 0.241 e. The molecule has 8 heteroatoms. The lowest BCUT2D eigenvalue weighted by molar-refractivity contribution is -0.123. The molecule has 0 unspecified atom stereocenters. The minimum absolute atomic E-state index is 0.149. The molecule has 0 spiro atoms. The van der Waals surface area contributed by atoms with Crippen LogP contribution in [0.4, 0.5) is 0 Å². The first kappa shape index (κ1) is 21.2. The molecular formula is C18H27ClN2O4S. The fourth-order valence-corrected chi connectivity index (χ4v) is 5.50. The minimum atomic E-state index is -3.79. The molecule has 26 heavy (non-hydrogen) atoms. The molecule has 1 amide bonds. The highest BCUT2D eigenvalue weighted by molar-refractivity contribution is 7.93. The SMILES string of the molecule is COCCN(C)CCNC(=O)C1(S(=O)(=O)c2ccc(Cl)cc2)CCCC1. The summed E-state index contributed by atoms with van der Waals surface area (Å²) in [6.07, 6.45) is 2.16. The number of hydrogen-bond donors (Lipinski definition) is 1. The van der Waals surface area contributed by atoms with Crippen molar-refractivity contribution in [1.82, 2.24) is 10.2 Å². The Labute approximate surface area is 160 Å². The standard InChI is InChI=1S/C18H27ClN2O4S/c1-21(13-14-25-2)12-11-20-17(22)18(9-3-4-10-18)26(23,24)16-7-5-15(19)6-8-16/h5-8H,3-4,9-14H2,1-2H3,(H,20,22). The zero-order chi connectivity index (χ0) is 19.2. The van der Waals surface area contributed by atoms with Gasteiger partial charge in [0.15, 0.2) is 14.6 Å². The van der Waals surface area contributed by atoms with Crippen molar-refractivity contribution < 1.29 is 17.9 Å². The third kappa shape index (κ3) is 4.57. The number of hydrogen-bond acceptors (Lipinski definition) is 5. The summed E-state index contributed by atoms with van der Waals surface area (Å²) in [7, 11) is -0.214. The molecule has 0 aromatic heterocycles. The van der Waals surface area contributed by atoms with Gasteiger partial charge in [0.25, 0.3) is 0 Å². The van der Waals surface area contributed by atoms with E-state index in [9.17, 15) is 13.2 Å². The molecule has 0 aliphatic heterocycles. The molecule has 1 N–H and O–H groups in total. The van der Waals surface area contributed by atoms with Crippen molar-refractivity contribution in [1.29, 1.82) is 0 Å². The Hall–Kier alpha value is -1.15. The highest BCUT2D eigenvalue weighted by atomic mass is 35.5. The summed E-state index contributed by atoms with van der Waals surface area (Å²) in [4.78, 5) is 15.1. The van der Waals surface area contributed by atoms with Gasteiger partial charge in [-0.25, -0.2) is 8.42 Å². The van der Waals surface area contributed by atoms with Gasteiger partial charge in [-0.1, -0.05) is 24.4 Å². The number of ether oxygens (including phenoxy) is 1.